The number of hydrogen-bond acceptors (Lipinski definition) is 7. The Morgan fingerprint density at radius 1 is 0.260 bits per heavy atom. The summed E-state index contributed by atoms with van der Waals surface area (Å²) in [5.74, 6) is 1.41. The highest BCUT2D eigenvalue weighted by atomic mass is 15.0. The van der Waals surface area contributed by atoms with Crippen LogP contribution in [0.5, 0.6) is 0 Å². The molecule has 0 aliphatic heterocycles. The molecule has 0 fully saturated rings. The maximum Gasteiger partial charge on any atom is 0.189 e. The summed E-state index contributed by atoms with van der Waals surface area (Å²) in [6.45, 7) is 31.8. The number of nitrogens with zero attached hydrogens (tertiary/aromatic N) is 13. The van der Waals surface area contributed by atoms with Crippen LogP contribution in [0, 0.1) is 71.6 Å². The van der Waals surface area contributed by atoms with Gasteiger partial charge in [0.05, 0.1) is 95.1 Å². The van der Waals surface area contributed by atoms with Crippen LogP contribution in [-0.4, -0.2) is 24.1 Å². The van der Waals surface area contributed by atoms with E-state index in [4.69, 9.17) is 41.2 Å². The van der Waals surface area contributed by atoms with Gasteiger partial charge in [-0.3, -0.25) is 0 Å². The molecule has 0 aliphatic rings. The number of para-hydroxylation sites is 1. The SMILES string of the molecule is [C-]#[N+]c1cc(C#N)cc(-c2ccc3c(c2)c2cc(-c4cc(C#N)cc(C#N)c4)ccc2n3-c2ccccc2-c2ccc(-c3nc(-c4ccccc4)nc(-c4ccccc4)n3)cc2-n2c3ccc(-c4cc(C#N)cc([N+]#[C-])c4)cc3c3cc(-c4cc([N+]#[C-])cc([N+]#[C-])c4)ccc32)c1. The van der Waals surface area contributed by atoms with Gasteiger partial charge in [0, 0.05) is 60.5 Å². The smallest absolute Gasteiger partial charge is 0.189 e. The van der Waals surface area contributed by atoms with Crippen molar-refractivity contribution in [2.45, 2.75) is 0 Å². The van der Waals surface area contributed by atoms with Gasteiger partial charge in [0.15, 0.2) is 40.2 Å². The molecule has 15 aromatic rings. The molecule has 15 rings (SSSR count). The van der Waals surface area contributed by atoms with Crippen LogP contribution in [0.15, 0.2) is 249 Å². The molecule has 0 spiro atoms. The molecular formula is C83H41N13. The fraction of sp³-hybridized carbons (Fsp3) is 0. The molecule has 3 aromatic heterocycles. The molecule has 438 valence electrons. The second kappa shape index (κ2) is 23.8. The lowest BCUT2D eigenvalue weighted by atomic mass is 9.97. The Morgan fingerprint density at radius 2 is 0.583 bits per heavy atom. The number of aromatic nitrogens is 5. The van der Waals surface area contributed by atoms with Crippen LogP contribution in [0.25, 0.3) is 164 Å². The average molecular weight is 1220 g/mol. The van der Waals surface area contributed by atoms with E-state index in [-0.39, 0.29) is 0 Å². The van der Waals surface area contributed by atoms with Gasteiger partial charge >= 0.3 is 0 Å². The molecule has 0 atom stereocenters. The monoisotopic (exact) mass is 1220 g/mol. The first-order valence-corrected chi connectivity index (χ1v) is 30.1. The van der Waals surface area contributed by atoms with Crippen molar-refractivity contribution in [3.05, 3.63) is 317 Å². The van der Waals surface area contributed by atoms with Gasteiger partial charge in [-0.15, -0.1) is 0 Å². The number of rotatable bonds is 10. The lowest BCUT2D eigenvalue weighted by molar-refractivity contribution is 1.07. The Morgan fingerprint density at radius 3 is 0.990 bits per heavy atom. The van der Waals surface area contributed by atoms with E-state index in [9.17, 15) is 21.0 Å². The molecule has 0 amide bonds. The summed E-state index contributed by atoms with van der Waals surface area (Å²) >= 11 is 0. The van der Waals surface area contributed by atoms with E-state index >= 15 is 0 Å². The van der Waals surface area contributed by atoms with Gasteiger partial charge in [0.1, 0.15) is 0 Å². The zero-order valence-electron chi connectivity index (χ0n) is 50.5. The maximum atomic E-state index is 10.2. The first kappa shape index (κ1) is 57.6. The number of nitriles is 4. The quantitative estimate of drug-likeness (QED) is 0.123. The number of benzene rings is 12. The topological polar surface area (TPSA) is 161 Å². The van der Waals surface area contributed by atoms with E-state index in [0.29, 0.717) is 90.3 Å². The summed E-state index contributed by atoms with van der Waals surface area (Å²) < 4.78 is 4.48. The van der Waals surface area contributed by atoms with E-state index in [2.05, 4.69) is 126 Å². The highest BCUT2D eigenvalue weighted by Crippen LogP contribution is 2.46. The van der Waals surface area contributed by atoms with E-state index < -0.39 is 0 Å². The van der Waals surface area contributed by atoms with Crippen molar-refractivity contribution in [1.82, 2.24) is 24.1 Å². The van der Waals surface area contributed by atoms with Crippen LogP contribution >= 0.6 is 0 Å². The van der Waals surface area contributed by atoms with Gasteiger partial charge in [0.2, 0.25) is 0 Å². The van der Waals surface area contributed by atoms with Crippen LogP contribution in [0.3, 0.4) is 0 Å². The third-order valence-corrected chi connectivity index (χ3v) is 17.2. The van der Waals surface area contributed by atoms with Crippen molar-refractivity contribution < 1.29 is 0 Å². The van der Waals surface area contributed by atoms with Crippen LogP contribution in [-0.2, 0) is 0 Å². The van der Waals surface area contributed by atoms with E-state index in [1.54, 1.807) is 72.8 Å². The second-order valence-corrected chi connectivity index (χ2v) is 22.9. The summed E-state index contributed by atoms with van der Waals surface area (Å²) in [6.07, 6.45) is 0. The molecule has 0 N–H and O–H groups in total. The van der Waals surface area contributed by atoms with Gasteiger partial charge in [0.25, 0.3) is 0 Å². The summed E-state index contributed by atoms with van der Waals surface area (Å²) in [6, 6.07) is 88.2. The Kier molecular flexibility index (Phi) is 14.3. The van der Waals surface area contributed by atoms with Crippen molar-refractivity contribution in [2.24, 2.45) is 0 Å². The fourth-order valence-electron chi connectivity index (χ4n) is 12.8. The molecule has 13 nitrogen and oxygen atoms in total. The lowest BCUT2D eigenvalue weighted by Crippen LogP contribution is -2.04. The molecule has 0 aliphatic carbocycles. The number of fused-ring (bicyclic) bond motifs is 6. The predicted molar refractivity (Wildman–Crippen MR) is 376 cm³/mol. The first-order chi connectivity index (χ1) is 47.1. The standard InChI is InChI=1S/C83H41N13/c1-88-65-34-52(48-86)32-62(36-65)57-21-26-77-72(41-57)71-40-56(61-30-50(46-84)29-51(31-61)47-85)20-25-76(71)95(77)75-18-12-11-17-69(75)70-24-19-60(83-93-81(54-13-7-5-8-14-54)92-82(94-83)55-15-9-6-10-16-55)44-80(70)96-78-27-22-58(63-33-53(49-87)35-66(37-63)89-2)42-73(78)74-43-59(23-28-79(74)96)64-38-67(90-3)45-68(39-64)91-4/h5-45H. The molecule has 96 heavy (non-hydrogen) atoms. The van der Waals surface area contributed by atoms with Crippen LogP contribution in [0.4, 0.5) is 22.7 Å². The van der Waals surface area contributed by atoms with Crippen LogP contribution in [0.2, 0.25) is 0 Å². The molecule has 0 radical (unpaired) electrons. The largest absolute Gasteiger partial charge is 0.309 e. The zero-order valence-corrected chi connectivity index (χ0v) is 50.5. The minimum absolute atomic E-state index is 0.331. The molecular weight excluding hydrogens is 1180 g/mol. The van der Waals surface area contributed by atoms with Crippen molar-refractivity contribution in [3.63, 3.8) is 0 Å². The minimum Gasteiger partial charge on any atom is -0.309 e. The van der Waals surface area contributed by atoms with Crippen LogP contribution in [0.1, 0.15) is 22.3 Å². The first-order valence-electron chi connectivity index (χ1n) is 30.1. The van der Waals surface area contributed by atoms with Crippen molar-refractivity contribution in [2.75, 3.05) is 0 Å². The molecule has 0 saturated carbocycles. The Labute approximate surface area is 550 Å². The van der Waals surface area contributed by atoms with Gasteiger partial charge in [-0.25, -0.2) is 34.3 Å². The van der Waals surface area contributed by atoms with Crippen molar-refractivity contribution >= 4 is 66.4 Å². The minimum atomic E-state index is 0.331. The third kappa shape index (κ3) is 10.3. The van der Waals surface area contributed by atoms with Gasteiger partial charge in [-0.1, -0.05) is 133 Å². The highest BCUT2D eigenvalue weighted by Gasteiger charge is 2.25. The van der Waals surface area contributed by atoms with Crippen molar-refractivity contribution in [3.8, 4) is 125 Å². The van der Waals surface area contributed by atoms with E-state index in [1.807, 2.05) is 103 Å². The van der Waals surface area contributed by atoms with Gasteiger partial charge in [-0.2, -0.15) is 21.0 Å². The molecule has 13 heteroatoms. The molecule has 12 aromatic carbocycles. The van der Waals surface area contributed by atoms with E-state index in [1.165, 1.54) is 0 Å². The normalized spacial score (nSPS) is 10.8. The Hall–Kier alpha value is -14.8. The van der Waals surface area contributed by atoms with E-state index in [0.717, 1.165) is 99.5 Å². The summed E-state index contributed by atoms with van der Waals surface area (Å²) in [4.78, 5) is 30.4. The molecule has 3 heterocycles. The fourth-order valence-corrected chi connectivity index (χ4v) is 12.8. The van der Waals surface area contributed by atoms with Gasteiger partial charge in [-0.05, 0) is 160 Å². The number of hydrogen-bond donors (Lipinski definition) is 0. The lowest BCUT2D eigenvalue weighted by Gasteiger charge is -2.20. The summed E-state index contributed by atoms with van der Waals surface area (Å²) in [5, 5.41) is 43.9. The average Bonchev–Trinajstić information content (AvgIpc) is 1.56. The molecule has 0 saturated heterocycles. The zero-order chi connectivity index (χ0) is 65.6. The molecule has 0 unspecified atom stereocenters. The van der Waals surface area contributed by atoms with Gasteiger partial charge < -0.3 is 9.13 Å². The Balaban J connectivity index is 1.03. The maximum absolute atomic E-state index is 10.2. The summed E-state index contributed by atoms with van der Waals surface area (Å²) in [7, 11) is 0. The summed E-state index contributed by atoms with van der Waals surface area (Å²) in [5.41, 5.74) is 17.5. The highest BCUT2D eigenvalue weighted by molar-refractivity contribution is 6.14. The van der Waals surface area contributed by atoms with Crippen molar-refractivity contribution in [1.29, 1.82) is 21.0 Å². The third-order valence-electron chi connectivity index (χ3n) is 17.2. The van der Waals surface area contributed by atoms with Crippen LogP contribution < -0.4 is 0 Å². The molecule has 0 bridgehead atoms. The second-order valence-electron chi connectivity index (χ2n) is 22.9. The predicted octanol–water partition coefficient (Wildman–Crippen LogP) is 21.1. The Bertz CT molecular complexity index is 5740.